The van der Waals surface area contributed by atoms with Crippen LogP contribution in [0.1, 0.15) is 39.0 Å². The van der Waals surface area contributed by atoms with Crippen LogP contribution < -0.4 is 10.6 Å². The highest BCUT2D eigenvalue weighted by molar-refractivity contribution is 5.80. The Hall–Kier alpha value is -1.11. The van der Waals surface area contributed by atoms with E-state index in [1.807, 2.05) is 6.08 Å². The van der Waals surface area contributed by atoms with Crippen LogP contribution in [-0.4, -0.2) is 76.1 Å². The molecule has 0 aromatic heterocycles. The molecule has 150 valence electrons. The van der Waals surface area contributed by atoms with Gasteiger partial charge in [0.05, 0.1) is 0 Å². The fraction of sp³-hybridized carbons (Fsp3) is 0.850. The Kier molecular flexibility index (Phi) is 10.7. The van der Waals surface area contributed by atoms with Crippen molar-refractivity contribution in [2.24, 2.45) is 10.9 Å². The van der Waals surface area contributed by atoms with Gasteiger partial charge in [-0.05, 0) is 44.9 Å². The Morgan fingerprint density at radius 3 is 2.73 bits per heavy atom. The second-order valence-corrected chi connectivity index (χ2v) is 7.25. The van der Waals surface area contributed by atoms with E-state index in [1.165, 1.54) is 0 Å². The molecule has 0 bridgehead atoms. The number of piperidine rings is 1. The number of rotatable bonds is 10. The second-order valence-electron chi connectivity index (χ2n) is 7.25. The first-order valence-corrected chi connectivity index (χ1v) is 10.4. The molecule has 0 aromatic carbocycles. The third-order valence-corrected chi connectivity index (χ3v) is 5.07. The molecule has 2 saturated heterocycles. The number of nitrogens with one attached hydrogen (secondary N) is 2. The Balaban J connectivity index is 1.59. The third-order valence-electron chi connectivity index (χ3n) is 5.07. The van der Waals surface area contributed by atoms with Gasteiger partial charge in [0.15, 0.2) is 5.96 Å². The lowest BCUT2D eigenvalue weighted by Gasteiger charge is -2.32. The summed E-state index contributed by atoms with van der Waals surface area (Å²) in [4.78, 5) is 7.16. The number of aliphatic imine (C=N–C) groups is 1. The number of guanidine groups is 1. The molecule has 0 radical (unpaired) electrons. The molecular formula is C20H38N4O2. The Morgan fingerprint density at radius 2 is 2.04 bits per heavy atom. The lowest BCUT2D eigenvalue weighted by molar-refractivity contribution is 0.0205. The number of hydrogen-bond donors (Lipinski definition) is 2. The van der Waals surface area contributed by atoms with Gasteiger partial charge in [-0.1, -0.05) is 6.08 Å². The zero-order valence-corrected chi connectivity index (χ0v) is 16.5. The molecule has 26 heavy (non-hydrogen) atoms. The number of ether oxygens (including phenoxy) is 2. The van der Waals surface area contributed by atoms with Gasteiger partial charge in [-0.2, -0.15) is 0 Å². The molecule has 0 aromatic rings. The van der Waals surface area contributed by atoms with Crippen molar-refractivity contribution in [2.75, 3.05) is 59.2 Å². The Morgan fingerprint density at radius 1 is 1.27 bits per heavy atom. The SMILES string of the molecule is C=CCN1CCC(NC(=NCCCOCC2CCOCC2)NCC)CC1. The van der Waals surface area contributed by atoms with Crippen molar-refractivity contribution in [3.63, 3.8) is 0 Å². The number of nitrogens with zero attached hydrogens (tertiary/aromatic N) is 2. The van der Waals surface area contributed by atoms with E-state index in [0.717, 1.165) is 97.2 Å². The van der Waals surface area contributed by atoms with E-state index < -0.39 is 0 Å². The zero-order valence-electron chi connectivity index (χ0n) is 16.5. The molecule has 0 amide bonds. The first-order valence-electron chi connectivity index (χ1n) is 10.4. The largest absolute Gasteiger partial charge is 0.381 e. The monoisotopic (exact) mass is 366 g/mol. The summed E-state index contributed by atoms with van der Waals surface area (Å²) in [6, 6.07) is 0.513. The van der Waals surface area contributed by atoms with E-state index in [2.05, 4.69) is 29.0 Å². The predicted molar refractivity (Wildman–Crippen MR) is 108 cm³/mol. The highest BCUT2D eigenvalue weighted by atomic mass is 16.5. The average Bonchev–Trinajstić information content (AvgIpc) is 2.67. The van der Waals surface area contributed by atoms with Crippen LogP contribution in [0.3, 0.4) is 0 Å². The topological polar surface area (TPSA) is 58.1 Å². The summed E-state index contributed by atoms with van der Waals surface area (Å²) in [5.41, 5.74) is 0. The van der Waals surface area contributed by atoms with Gasteiger partial charge < -0.3 is 20.1 Å². The van der Waals surface area contributed by atoms with Gasteiger partial charge in [-0.25, -0.2) is 0 Å². The minimum atomic E-state index is 0.513. The van der Waals surface area contributed by atoms with Gasteiger partial charge in [0.1, 0.15) is 0 Å². The maximum absolute atomic E-state index is 5.82. The van der Waals surface area contributed by atoms with Gasteiger partial charge >= 0.3 is 0 Å². The molecule has 0 atom stereocenters. The summed E-state index contributed by atoms with van der Waals surface area (Å²) in [6.07, 6.45) is 7.55. The van der Waals surface area contributed by atoms with Crippen LogP contribution in [0.15, 0.2) is 17.6 Å². The summed E-state index contributed by atoms with van der Waals surface area (Å²) in [5.74, 6) is 1.62. The van der Waals surface area contributed by atoms with Crippen LogP contribution in [0.2, 0.25) is 0 Å². The van der Waals surface area contributed by atoms with E-state index in [9.17, 15) is 0 Å². The van der Waals surface area contributed by atoms with E-state index in [1.54, 1.807) is 0 Å². The lowest BCUT2D eigenvalue weighted by atomic mass is 10.0. The van der Waals surface area contributed by atoms with E-state index >= 15 is 0 Å². The van der Waals surface area contributed by atoms with Gasteiger partial charge in [0.2, 0.25) is 0 Å². The fourth-order valence-electron chi connectivity index (χ4n) is 3.48. The molecule has 2 fully saturated rings. The average molecular weight is 367 g/mol. The van der Waals surface area contributed by atoms with Crippen LogP contribution >= 0.6 is 0 Å². The highest BCUT2D eigenvalue weighted by Crippen LogP contribution is 2.14. The van der Waals surface area contributed by atoms with Crippen molar-refractivity contribution >= 4 is 5.96 Å². The first kappa shape index (κ1) is 21.2. The minimum Gasteiger partial charge on any atom is -0.381 e. The fourth-order valence-corrected chi connectivity index (χ4v) is 3.48. The highest BCUT2D eigenvalue weighted by Gasteiger charge is 2.19. The van der Waals surface area contributed by atoms with Gasteiger partial charge in [0, 0.05) is 65.2 Å². The maximum atomic E-state index is 5.82. The second kappa shape index (κ2) is 13.1. The number of likely N-dealkylation sites (tertiary alicyclic amines) is 1. The van der Waals surface area contributed by atoms with Crippen molar-refractivity contribution in [2.45, 2.75) is 45.1 Å². The molecule has 0 aliphatic carbocycles. The molecular weight excluding hydrogens is 328 g/mol. The van der Waals surface area contributed by atoms with Crippen molar-refractivity contribution in [1.82, 2.24) is 15.5 Å². The molecule has 6 nitrogen and oxygen atoms in total. The third kappa shape index (κ3) is 8.52. The predicted octanol–water partition coefficient (Wildman–Crippen LogP) is 2.03. The molecule has 2 aliphatic heterocycles. The Bertz CT molecular complexity index is 403. The van der Waals surface area contributed by atoms with Gasteiger partial charge in [-0.15, -0.1) is 6.58 Å². The van der Waals surface area contributed by atoms with E-state index in [-0.39, 0.29) is 0 Å². The minimum absolute atomic E-state index is 0.513. The number of hydrogen-bond acceptors (Lipinski definition) is 4. The Labute approximate surface area is 159 Å². The summed E-state index contributed by atoms with van der Waals surface area (Å²) in [6.45, 7) is 14.3. The van der Waals surface area contributed by atoms with Crippen molar-refractivity contribution in [3.05, 3.63) is 12.7 Å². The van der Waals surface area contributed by atoms with Crippen molar-refractivity contribution in [1.29, 1.82) is 0 Å². The zero-order chi connectivity index (χ0) is 18.5. The quantitative estimate of drug-likeness (QED) is 0.268. The molecule has 0 spiro atoms. The van der Waals surface area contributed by atoms with Crippen LogP contribution in [-0.2, 0) is 9.47 Å². The molecule has 2 heterocycles. The van der Waals surface area contributed by atoms with Crippen molar-refractivity contribution in [3.8, 4) is 0 Å². The first-order chi connectivity index (χ1) is 12.8. The van der Waals surface area contributed by atoms with Gasteiger partial charge in [-0.3, -0.25) is 9.89 Å². The summed E-state index contributed by atoms with van der Waals surface area (Å²) >= 11 is 0. The molecule has 2 aliphatic rings. The molecule has 6 heteroatoms. The van der Waals surface area contributed by atoms with Crippen LogP contribution in [0.5, 0.6) is 0 Å². The molecule has 0 unspecified atom stereocenters. The molecule has 2 rings (SSSR count). The normalized spacial score (nSPS) is 20.9. The summed E-state index contributed by atoms with van der Waals surface area (Å²) in [7, 11) is 0. The lowest BCUT2D eigenvalue weighted by Crippen LogP contribution is -2.48. The summed E-state index contributed by atoms with van der Waals surface area (Å²) < 4.78 is 11.2. The van der Waals surface area contributed by atoms with Crippen molar-refractivity contribution < 1.29 is 9.47 Å². The molecule has 0 saturated carbocycles. The van der Waals surface area contributed by atoms with E-state index in [4.69, 9.17) is 14.5 Å². The van der Waals surface area contributed by atoms with Crippen LogP contribution in [0, 0.1) is 5.92 Å². The summed E-state index contributed by atoms with van der Waals surface area (Å²) in [5, 5.41) is 6.96. The molecule has 2 N–H and O–H groups in total. The van der Waals surface area contributed by atoms with Crippen LogP contribution in [0.25, 0.3) is 0 Å². The smallest absolute Gasteiger partial charge is 0.191 e. The standard InChI is InChI=1S/C20H38N4O2/c1-3-11-24-12-6-19(7-13-24)23-20(21-4-2)22-10-5-14-26-17-18-8-15-25-16-9-18/h3,18-19H,1,4-17H2,2H3,(H2,21,22,23). The van der Waals surface area contributed by atoms with E-state index in [0.29, 0.717) is 12.0 Å². The van der Waals surface area contributed by atoms with Gasteiger partial charge in [0.25, 0.3) is 0 Å². The maximum Gasteiger partial charge on any atom is 0.191 e. The van der Waals surface area contributed by atoms with Crippen LogP contribution in [0.4, 0.5) is 0 Å².